The van der Waals surface area contributed by atoms with Gasteiger partial charge in [0.1, 0.15) is 23.9 Å². The molecule has 2 aromatic heterocycles. The van der Waals surface area contributed by atoms with E-state index in [1.165, 1.54) is 41.0 Å². The van der Waals surface area contributed by atoms with Crippen molar-refractivity contribution in [1.29, 1.82) is 0 Å². The van der Waals surface area contributed by atoms with Crippen molar-refractivity contribution < 1.29 is 23.5 Å². The lowest BCUT2D eigenvalue weighted by Crippen LogP contribution is -2.39. The Balaban J connectivity index is 1.53. The number of esters is 2. The van der Waals surface area contributed by atoms with Crippen LogP contribution in [0.15, 0.2) is 119 Å². The van der Waals surface area contributed by atoms with Crippen molar-refractivity contribution >= 4 is 29.4 Å². The summed E-state index contributed by atoms with van der Waals surface area (Å²) in [5, 5.41) is 4.78. The third-order valence-corrected chi connectivity index (χ3v) is 8.18. The SMILES string of the molecule is C=CCOC(=O)C1=C(C)N=c2s/c(=C\c3cn(-c4ccccc4)nc3-c3ccc(F)cc3)c(=O)n2[C@@H]1c1ccc(OC(C)=O)cc1. The monoisotopic (exact) mass is 634 g/mol. The van der Waals surface area contributed by atoms with Crippen LogP contribution in [0.3, 0.4) is 0 Å². The second-order valence-electron chi connectivity index (χ2n) is 10.4. The molecule has 1 aliphatic rings. The number of halogens is 1. The maximum absolute atomic E-state index is 14.2. The Morgan fingerprint density at radius 2 is 1.76 bits per heavy atom. The van der Waals surface area contributed by atoms with Gasteiger partial charge in [0.15, 0.2) is 4.80 Å². The number of ether oxygens (including phenoxy) is 2. The number of aromatic nitrogens is 3. The highest BCUT2D eigenvalue weighted by molar-refractivity contribution is 7.07. The summed E-state index contributed by atoms with van der Waals surface area (Å²) >= 11 is 1.17. The molecule has 0 N–H and O–H groups in total. The molecule has 0 unspecified atom stereocenters. The van der Waals surface area contributed by atoms with Gasteiger partial charge in [-0.15, -0.1) is 0 Å². The van der Waals surface area contributed by atoms with E-state index in [1.54, 1.807) is 60.3 Å². The Labute approximate surface area is 266 Å². The summed E-state index contributed by atoms with van der Waals surface area (Å²) in [6, 6.07) is 21.2. The third-order valence-electron chi connectivity index (χ3n) is 7.20. The van der Waals surface area contributed by atoms with E-state index in [-0.39, 0.29) is 23.6 Å². The molecule has 0 saturated heterocycles. The molecule has 0 radical (unpaired) electrons. The molecular weight excluding hydrogens is 607 g/mol. The molecule has 0 aliphatic carbocycles. The van der Waals surface area contributed by atoms with Gasteiger partial charge in [0.2, 0.25) is 0 Å². The minimum Gasteiger partial charge on any atom is -0.458 e. The number of para-hydroxylation sites is 1. The molecule has 0 saturated carbocycles. The number of carbonyl (C=O) groups excluding carboxylic acids is 2. The van der Waals surface area contributed by atoms with E-state index in [1.807, 2.05) is 30.3 Å². The van der Waals surface area contributed by atoms with E-state index in [2.05, 4.69) is 11.6 Å². The average molecular weight is 635 g/mol. The lowest BCUT2D eigenvalue weighted by Gasteiger charge is -2.24. The molecule has 230 valence electrons. The average Bonchev–Trinajstić information content (AvgIpc) is 3.60. The van der Waals surface area contributed by atoms with Crippen molar-refractivity contribution in [1.82, 2.24) is 14.3 Å². The van der Waals surface area contributed by atoms with E-state index in [0.717, 1.165) is 5.69 Å². The van der Waals surface area contributed by atoms with Crippen LogP contribution in [0.2, 0.25) is 0 Å². The van der Waals surface area contributed by atoms with E-state index in [0.29, 0.717) is 43.2 Å². The van der Waals surface area contributed by atoms with Crippen molar-refractivity contribution in [2.45, 2.75) is 19.9 Å². The standard InChI is InChI=1S/C35H27FN4O5S/c1-4-18-44-34(43)30-21(2)37-35-40(32(30)24-12-16-28(17-13-24)45-22(3)41)33(42)29(46-35)19-25-20-39(27-8-6-5-7-9-27)38-31(25)23-10-14-26(36)15-11-23/h4-17,19-20,32H,1,18H2,2-3H3/b29-19-/t32-/m1/s1. The van der Waals surface area contributed by atoms with Gasteiger partial charge in [-0.2, -0.15) is 5.10 Å². The molecule has 0 spiro atoms. The predicted molar refractivity (Wildman–Crippen MR) is 172 cm³/mol. The van der Waals surface area contributed by atoms with E-state index < -0.39 is 18.0 Å². The lowest BCUT2D eigenvalue weighted by atomic mass is 9.96. The van der Waals surface area contributed by atoms with Crippen LogP contribution in [0.1, 0.15) is 31.0 Å². The maximum Gasteiger partial charge on any atom is 0.338 e. The molecule has 0 amide bonds. The number of rotatable bonds is 8. The Morgan fingerprint density at radius 1 is 1.04 bits per heavy atom. The zero-order valence-electron chi connectivity index (χ0n) is 24.8. The topological polar surface area (TPSA) is 105 Å². The highest BCUT2D eigenvalue weighted by atomic mass is 32.1. The van der Waals surface area contributed by atoms with Crippen LogP contribution in [0.4, 0.5) is 4.39 Å². The summed E-state index contributed by atoms with van der Waals surface area (Å²) in [7, 11) is 0. The molecule has 1 aliphatic heterocycles. The van der Waals surface area contributed by atoms with Crippen LogP contribution in [0, 0.1) is 5.82 Å². The molecular formula is C35H27FN4O5S. The van der Waals surface area contributed by atoms with Crippen molar-refractivity contribution in [3.05, 3.63) is 146 Å². The molecule has 0 fully saturated rings. The third kappa shape index (κ3) is 6.00. The number of benzene rings is 3. The molecule has 6 rings (SSSR count). The summed E-state index contributed by atoms with van der Waals surface area (Å²) in [6.45, 7) is 6.59. The summed E-state index contributed by atoms with van der Waals surface area (Å²) in [5.41, 5.74) is 3.47. The minimum absolute atomic E-state index is 0.0181. The predicted octanol–water partition coefficient (Wildman–Crippen LogP) is 4.88. The van der Waals surface area contributed by atoms with Gasteiger partial charge in [0.25, 0.3) is 5.56 Å². The highest BCUT2D eigenvalue weighted by Crippen LogP contribution is 2.32. The number of thiazole rings is 1. The van der Waals surface area contributed by atoms with Gasteiger partial charge in [-0.25, -0.2) is 18.9 Å². The van der Waals surface area contributed by atoms with Crippen LogP contribution >= 0.6 is 11.3 Å². The fraction of sp³-hybridized carbons (Fsp3) is 0.114. The molecule has 46 heavy (non-hydrogen) atoms. The number of hydrogen-bond donors (Lipinski definition) is 0. The molecule has 3 aromatic carbocycles. The largest absolute Gasteiger partial charge is 0.458 e. The van der Waals surface area contributed by atoms with Gasteiger partial charge in [-0.1, -0.05) is 54.3 Å². The van der Waals surface area contributed by atoms with E-state index >= 15 is 0 Å². The lowest BCUT2D eigenvalue weighted by molar-refractivity contribution is -0.138. The van der Waals surface area contributed by atoms with Gasteiger partial charge in [0.05, 0.1) is 27.5 Å². The first-order valence-electron chi connectivity index (χ1n) is 14.2. The zero-order valence-corrected chi connectivity index (χ0v) is 25.7. The fourth-order valence-electron chi connectivity index (χ4n) is 5.17. The van der Waals surface area contributed by atoms with Crippen molar-refractivity contribution in [2.75, 3.05) is 6.61 Å². The van der Waals surface area contributed by atoms with Gasteiger partial charge in [-0.05, 0) is 67.1 Å². The minimum atomic E-state index is -0.870. The second kappa shape index (κ2) is 12.7. The first-order valence-corrected chi connectivity index (χ1v) is 15.0. The van der Waals surface area contributed by atoms with Gasteiger partial charge < -0.3 is 9.47 Å². The fourth-order valence-corrected chi connectivity index (χ4v) is 6.21. The number of carbonyl (C=O) groups is 2. The van der Waals surface area contributed by atoms with Crippen LogP contribution in [0.5, 0.6) is 5.75 Å². The summed E-state index contributed by atoms with van der Waals surface area (Å²) in [6.07, 6.45) is 4.99. The van der Waals surface area contributed by atoms with Crippen LogP contribution in [-0.2, 0) is 14.3 Å². The first kappa shape index (κ1) is 30.4. The van der Waals surface area contributed by atoms with Crippen molar-refractivity contribution in [2.24, 2.45) is 4.99 Å². The second-order valence-corrected chi connectivity index (χ2v) is 11.4. The van der Waals surface area contributed by atoms with Crippen molar-refractivity contribution in [3.63, 3.8) is 0 Å². The maximum atomic E-state index is 14.2. The molecule has 1 atom stereocenters. The Kier molecular flexibility index (Phi) is 8.41. The molecule has 5 aromatic rings. The molecule has 11 heteroatoms. The Hall–Kier alpha value is -5.68. The van der Waals surface area contributed by atoms with E-state index in [4.69, 9.17) is 14.6 Å². The van der Waals surface area contributed by atoms with Crippen molar-refractivity contribution in [3.8, 4) is 22.7 Å². The summed E-state index contributed by atoms with van der Waals surface area (Å²) in [4.78, 5) is 44.1. The Morgan fingerprint density at radius 3 is 2.43 bits per heavy atom. The quantitative estimate of drug-likeness (QED) is 0.137. The number of allylic oxidation sites excluding steroid dienone is 1. The smallest absolute Gasteiger partial charge is 0.338 e. The zero-order chi connectivity index (χ0) is 32.4. The molecule has 0 bridgehead atoms. The van der Waals surface area contributed by atoms with Gasteiger partial charge in [-0.3, -0.25) is 14.2 Å². The number of hydrogen-bond acceptors (Lipinski definition) is 8. The van der Waals surface area contributed by atoms with E-state index in [9.17, 15) is 18.8 Å². The summed E-state index contributed by atoms with van der Waals surface area (Å²) < 4.78 is 27.9. The van der Waals surface area contributed by atoms with Gasteiger partial charge >= 0.3 is 11.9 Å². The number of nitrogens with zero attached hydrogens (tertiary/aromatic N) is 4. The normalized spacial score (nSPS) is 14.4. The Bertz CT molecular complexity index is 2180. The van der Waals surface area contributed by atoms with Crippen LogP contribution < -0.4 is 19.6 Å². The first-order chi connectivity index (χ1) is 22.2. The van der Waals surface area contributed by atoms with Crippen LogP contribution in [0.25, 0.3) is 23.0 Å². The van der Waals surface area contributed by atoms with Crippen LogP contribution in [-0.4, -0.2) is 32.9 Å². The number of fused-ring (bicyclic) bond motifs is 1. The highest BCUT2D eigenvalue weighted by Gasteiger charge is 2.33. The summed E-state index contributed by atoms with van der Waals surface area (Å²) in [5.74, 6) is -1.16. The van der Waals surface area contributed by atoms with Gasteiger partial charge in [0, 0.05) is 24.2 Å². The molecule has 3 heterocycles. The molecule has 9 nitrogen and oxygen atoms in total.